The van der Waals surface area contributed by atoms with Gasteiger partial charge in [0, 0.05) is 10.9 Å². The van der Waals surface area contributed by atoms with E-state index >= 15 is 0 Å². The van der Waals surface area contributed by atoms with Crippen LogP contribution in [0.5, 0.6) is 0 Å². The standard InChI is InChI=1S/C26H25N/c1-5-20-8-11-25-24(15-20)23(21-9-6-17(2)7-10-21)16-26(27-25)22-13-18(3)12-19(4)14-22/h6-16H,5H2,1-4H3. The van der Waals surface area contributed by atoms with Crippen LogP contribution in [0.25, 0.3) is 33.3 Å². The topological polar surface area (TPSA) is 12.9 Å². The van der Waals surface area contributed by atoms with E-state index in [1.807, 2.05) is 0 Å². The van der Waals surface area contributed by atoms with Gasteiger partial charge in [0.05, 0.1) is 11.2 Å². The second kappa shape index (κ2) is 7.00. The molecule has 4 rings (SSSR count). The van der Waals surface area contributed by atoms with Crippen LogP contribution in [-0.2, 0) is 6.42 Å². The Balaban J connectivity index is 2.01. The van der Waals surface area contributed by atoms with Gasteiger partial charge in [-0.1, -0.05) is 60.0 Å². The second-order valence-corrected chi connectivity index (χ2v) is 7.50. The van der Waals surface area contributed by atoms with Crippen molar-refractivity contribution in [1.29, 1.82) is 0 Å². The van der Waals surface area contributed by atoms with Gasteiger partial charge < -0.3 is 0 Å². The molecule has 4 aromatic rings. The Morgan fingerprint density at radius 1 is 0.667 bits per heavy atom. The second-order valence-electron chi connectivity index (χ2n) is 7.50. The number of hydrogen-bond acceptors (Lipinski definition) is 1. The molecule has 0 saturated carbocycles. The van der Waals surface area contributed by atoms with Crippen LogP contribution < -0.4 is 0 Å². The first-order valence-electron chi connectivity index (χ1n) is 9.63. The average molecular weight is 351 g/mol. The molecule has 0 aliphatic heterocycles. The molecular formula is C26H25N. The predicted molar refractivity (Wildman–Crippen MR) is 116 cm³/mol. The van der Waals surface area contributed by atoms with Crippen molar-refractivity contribution in [3.05, 3.63) is 89.0 Å². The number of rotatable bonds is 3. The molecule has 0 amide bonds. The third-order valence-electron chi connectivity index (χ3n) is 5.16. The molecule has 134 valence electrons. The molecule has 0 radical (unpaired) electrons. The maximum atomic E-state index is 5.01. The first-order chi connectivity index (χ1) is 13.0. The molecule has 0 aliphatic rings. The van der Waals surface area contributed by atoms with E-state index in [1.165, 1.54) is 44.3 Å². The maximum absolute atomic E-state index is 5.01. The van der Waals surface area contributed by atoms with Gasteiger partial charge in [-0.2, -0.15) is 0 Å². The van der Waals surface area contributed by atoms with Gasteiger partial charge >= 0.3 is 0 Å². The first kappa shape index (κ1) is 17.5. The number of pyridine rings is 1. The molecule has 0 aliphatic carbocycles. The van der Waals surface area contributed by atoms with Crippen LogP contribution in [0, 0.1) is 20.8 Å². The van der Waals surface area contributed by atoms with Gasteiger partial charge in [-0.3, -0.25) is 0 Å². The minimum atomic E-state index is 1.03. The quantitative estimate of drug-likeness (QED) is 0.385. The van der Waals surface area contributed by atoms with Crippen molar-refractivity contribution < 1.29 is 0 Å². The number of aryl methyl sites for hydroxylation is 4. The lowest BCUT2D eigenvalue weighted by atomic mass is 9.95. The first-order valence-corrected chi connectivity index (χ1v) is 9.63. The van der Waals surface area contributed by atoms with E-state index in [-0.39, 0.29) is 0 Å². The molecular weight excluding hydrogens is 326 g/mol. The van der Waals surface area contributed by atoms with Gasteiger partial charge in [0.2, 0.25) is 0 Å². The van der Waals surface area contributed by atoms with E-state index in [2.05, 4.69) is 94.4 Å². The summed E-state index contributed by atoms with van der Waals surface area (Å²) in [5.41, 5.74) is 10.9. The minimum absolute atomic E-state index is 1.03. The molecule has 1 heterocycles. The zero-order valence-corrected chi connectivity index (χ0v) is 16.5. The summed E-state index contributed by atoms with van der Waals surface area (Å²) in [6.07, 6.45) is 1.03. The fourth-order valence-corrected chi connectivity index (χ4v) is 3.74. The van der Waals surface area contributed by atoms with Crippen LogP contribution in [-0.4, -0.2) is 4.98 Å². The number of aromatic nitrogens is 1. The number of fused-ring (bicyclic) bond motifs is 1. The Kier molecular flexibility index (Phi) is 4.53. The Bertz CT molecular complexity index is 1100. The van der Waals surface area contributed by atoms with Gasteiger partial charge in [-0.05, 0) is 74.2 Å². The Morgan fingerprint density at radius 3 is 2.04 bits per heavy atom. The molecule has 1 nitrogen and oxygen atoms in total. The van der Waals surface area contributed by atoms with Crippen LogP contribution >= 0.6 is 0 Å². The fraction of sp³-hybridized carbons (Fsp3) is 0.192. The lowest BCUT2D eigenvalue weighted by Gasteiger charge is -2.13. The van der Waals surface area contributed by atoms with Crippen LogP contribution in [0.1, 0.15) is 29.2 Å². The van der Waals surface area contributed by atoms with E-state index in [9.17, 15) is 0 Å². The SMILES string of the molecule is CCc1ccc2nc(-c3cc(C)cc(C)c3)cc(-c3ccc(C)cc3)c2c1. The summed E-state index contributed by atoms with van der Waals surface area (Å²) < 4.78 is 0. The Morgan fingerprint density at radius 2 is 1.37 bits per heavy atom. The summed E-state index contributed by atoms with van der Waals surface area (Å²) >= 11 is 0. The molecule has 0 unspecified atom stereocenters. The highest BCUT2D eigenvalue weighted by Crippen LogP contribution is 2.33. The van der Waals surface area contributed by atoms with Crippen molar-refractivity contribution in [2.45, 2.75) is 34.1 Å². The molecule has 0 fully saturated rings. The normalized spacial score (nSPS) is 11.1. The van der Waals surface area contributed by atoms with Crippen molar-refractivity contribution in [1.82, 2.24) is 4.98 Å². The van der Waals surface area contributed by atoms with Gasteiger partial charge in [0.1, 0.15) is 0 Å². The molecule has 1 aromatic heterocycles. The van der Waals surface area contributed by atoms with Crippen molar-refractivity contribution in [3.63, 3.8) is 0 Å². The van der Waals surface area contributed by atoms with Crippen LogP contribution in [0.15, 0.2) is 66.7 Å². The van der Waals surface area contributed by atoms with Crippen molar-refractivity contribution in [2.75, 3.05) is 0 Å². The van der Waals surface area contributed by atoms with Gasteiger partial charge in [-0.15, -0.1) is 0 Å². The van der Waals surface area contributed by atoms with Gasteiger partial charge in [-0.25, -0.2) is 4.98 Å². The Hall–Kier alpha value is -2.93. The van der Waals surface area contributed by atoms with Crippen LogP contribution in [0.3, 0.4) is 0 Å². The summed E-state index contributed by atoms with van der Waals surface area (Å²) in [5.74, 6) is 0. The molecule has 0 spiro atoms. The highest BCUT2D eigenvalue weighted by molar-refractivity contribution is 5.97. The number of hydrogen-bond donors (Lipinski definition) is 0. The van der Waals surface area contributed by atoms with E-state index in [0.717, 1.165) is 17.6 Å². The molecule has 27 heavy (non-hydrogen) atoms. The third-order valence-corrected chi connectivity index (χ3v) is 5.16. The fourth-order valence-electron chi connectivity index (χ4n) is 3.74. The largest absolute Gasteiger partial charge is 0.248 e. The Labute approximate surface area is 161 Å². The lowest BCUT2D eigenvalue weighted by molar-refractivity contribution is 1.14. The molecule has 0 atom stereocenters. The number of nitrogens with zero attached hydrogens (tertiary/aromatic N) is 1. The monoisotopic (exact) mass is 351 g/mol. The molecule has 3 aromatic carbocycles. The van der Waals surface area contributed by atoms with E-state index in [4.69, 9.17) is 4.98 Å². The third kappa shape index (κ3) is 3.50. The van der Waals surface area contributed by atoms with Crippen molar-refractivity contribution >= 4 is 10.9 Å². The van der Waals surface area contributed by atoms with Crippen LogP contribution in [0.2, 0.25) is 0 Å². The van der Waals surface area contributed by atoms with E-state index in [1.54, 1.807) is 0 Å². The van der Waals surface area contributed by atoms with Gasteiger partial charge in [0.25, 0.3) is 0 Å². The molecule has 0 N–H and O–H groups in total. The maximum Gasteiger partial charge on any atom is 0.0716 e. The van der Waals surface area contributed by atoms with Crippen molar-refractivity contribution in [3.8, 4) is 22.4 Å². The number of benzene rings is 3. The predicted octanol–water partition coefficient (Wildman–Crippen LogP) is 7.06. The summed E-state index contributed by atoms with van der Waals surface area (Å²) in [6, 6.07) is 24.4. The van der Waals surface area contributed by atoms with Crippen molar-refractivity contribution in [2.24, 2.45) is 0 Å². The highest BCUT2D eigenvalue weighted by atomic mass is 14.7. The molecule has 1 heteroatoms. The van der Waals surface area contributed by atoms with E-state index < -0.39 is 0 Å². The summed E-state index contributed by atoms with van der Waals surface area (Å²) in [7, 11) is 0. The minimum Gasteiger partial charge on any atom is -0.248 e. The molecule has 0 bridgehead atoms. The summed E-state index contributed by atoms with van der Waals surface area (Å²) in [4.78, 5) is 5.01. The lowest BCUT2D eigenvalue weighted by Crippen LogP contribution is -1.92. The van der Waals surface area contributed by atoms with Gasteiger partial charge in [0.15, 0.2) is 0 Å². The smallest absolute Gasteiger partial charge is 0.0716 e. The zero-order valence-electron chi connectivity index (χ0n) is 16.5. The average Bonchev–Trinajstić information content (AvgIpc) is 2.66. The zero-order chi connectivity index (χ0) is 19.0. The summed E-state index contributed by atoms with van der Waals surface area (Å²) in [6.45, 7) is 8.62. The van der Waals surface area contributed by atoms with E-state index in [0.29, 0.717) is 0 Å². The highest BCUT2D eigenvalue weighted by Gasteiger charge is 2.11. The molecule has 0 saturated heterocycles. The summed E-state index contributed by atoms with van der Waals surface area (Å²) in [5, 5.41) is 1.23. The van der Waals surface area contributed by atoms with Crippen LogP contribution in [0.4, 0.5) is 0 Å².